The molecule has 0 amide bonds. The first kappa shape index (κ1) is 19.0. The highest BCUT2D eigenvalue weighted by Crippen LogP contribution is 2.35. The molecule has 0 spiro atoms. The molecule has 3 rings (SSSR count). The normalized spacial score (nSPS) is 10.4. The van der Waals surface area contributed by atoms with Gasteiger partial charge in [-0.15, -0.1) is 0 Å². The van der Waals surface area contributed by atoms with Crippen LogP contribution in [0.25, 0.3) is 0 Å². The number of ketones is 1. The van der Waals surface area contributed by atoms with E-state index in [2.05, 4.69) is 15.3 Å². The van der Waals surface area contributed by atoms with Crippen LogP contribution < -0.4 is 10.1 Å². The Bertz CT molecular complexity index is 1000. The van der Waals surface area contributed by atoms with Crippen LogP contribution in [0.5, 0.6) is 11.6 Å². The molecule has 28 heavy (non-hydrogen) atoms. The highest BCUT2D eigenvalue weighted by Gasteiger charge is 2.25. The summed E-state index contributed by atoms with van der Waals surface area (Å²) in [6.07, 6.45) is 2.07. The Morgan fingerprint density at radius 1 is 1.11 bits per heavy atom. The number of aromatic nitrogens is 2. The lowest BCUT2D eigenvalue weighted by atomic mass is 10.1. The van der Waals surface area contributed by atoms with Crippen LogP contribution in [-0.2, 0) is 6.42 Å². The van der Waals surface area contributed by atoms with Crippen LogP contribution >= 0.6 is 0 Å². The van der Waals surface area contributed by atoms with Gasteiger partial charge in [-0.1, -0.05) is 19.1 Å². The summed E-state index contributed by atoms with van der Waals surface area (Å²) in [6.45, 7) is 3.50. The van der Waals surface area contributed by atoms with E-state index in [-0.39, 0.29) is 23.2 Å². The number of nitrogens with one attached hydrogen (secondary N) is 1. The molecule has 0 saturated carbocycles. The first-order valence-corrected chi connectivity index (χ1v) is 8.62. The molecule has 0 atom stereocenters. The second kappa shape index (κ2) is 8.26. The van der Waals surface area contributed by atoms with Crippen molar-refractivity contribution in [3.63, 3.8) is 0 Å². The van der Waals surface area contributed by atoms with Crippen LogP contribution in [0.3, 0.4) is 0 Å². The van der Waals surface area contributed by atoms with Crippen molar-refractivity contribution in [1.29, 1.82) is 0 Å². The molecule has 2 aromatic carbocycles. The van der Waals surface area contributed by atoms with Gasteiger partial charge in [0.2, 0.25) is 5.82 Å². The summed E-state index contributed by atoms with van der Waals surface area (Å²) in [6, 6.07) is 13.8. The summed E-state index contributed by atoms with van der Waals surface area (Å²) in [5, 5.41) is 14.5. The highest BCUT2D eigenvalue weighted by atomic mass is 16.6. The molecule has 0 aliphatic rings. The molecule has 8 heteroatoms. The van der Waals surface area contributed by atoms with E-state index >= 15 is 0 Å². The average Bonchev–Trinajstić information content (AvgIpc) is 2.69. The summed E-state index contributed by atoms with van der Waals surface area (Å²) in [4.78, 5) is 30.3. The third kappa shape index (κ3) is 4.29. The number of carbonyl (C=O) groups excluding carboxylic acids is 1. The van der Waals surface area contributed by atoms with Crippen molar-refractivity contribution in [3.05, 3.63) is 76.1 Å². The van der Waals surface area contributed by atoms with E-state index in [4.69, 9.17) is 4.74 Å². The van der Waals surface area contributed by atoms with Crippen molar-refractivity contribution >= 4 is 23.0 Å². The molecule has 0 saturated heterocycles. The van der Waals surface area contributed by atoms with Crippen LogP contribution in [0, 0.1) is 10.1 Å². The quantitative estimate of drug-likeness (QED) is 0.361. The number of ether oxygens (including phenoxy) is 1. The number of anilines is 2. The third-order valence-electron chi connectivity index (χ3n) is 4.07. The lowest BCUT2D eigenvalue weighted by Crippen LogP contribution is -2.04. The Labute approximate surface area is 161 Å². The molecule has 142 valence electrons. The van der Waals surface area contributed by atoms with Crippen LogP contribution in [0.15, 0.2) is 54.9 Å². The Balaban J connectivity index is 1.90. The number of hydrogen-bond acceptors (Lipinski definition) is 7. The minimum absolute atomic E-state index is 0.00393. The van der Waals surface area contributed by atoms with Gasteiger partial charge in [-0.2, -0.15) is 4.98 Å². The summed E-state index contributed by atoms with van der Waals surface area (Å²) in [7, 11) is 0. The third-order valence-corrected chi connectivity index (χ3v) is 4.07. The fraction of sp³-hybridized carbons (Fsp3) is 0.150. The number of nitrogens with zero attached hydrogens (tertiary/aromatic N) is 3. The highest BCUT2D eigenvalue weighted by molar-refractivity contribution is 5.94. The molecule has 0 radical (unpaired) electrons. The van der Waals surface area contributed by atoms with Crippen LogP contribution in [0.1, 0.15) is 29.8 Å². The molecule has 3 aromatic rings. The maximum absolute atomic E-state index is 11.6. The van der Waals surface area contributed by atoms with E-state index in [0.29, 0.717) is 17.0 Å². The molecule has 0 bridgehead atoms. The lowest BCUT2D eigenvalue weighted by Gasteiger charge is -2.10. The summed E-state index contributed by atoms with van der Waals surface area (Å²) < 4.78 is 5.62. The monoisotopic (exact) mass is 378 g/mol. The molecule has 1 N–H and O–H groups in total. The number of nitro groups is 1. The summed E-state index contributed by atoms with van der Waals surface area (Å²) in [5.74, 6) is 0.211. The molecule has 0 aliphatic carbocycles. The zero-order valence-electron chi connectivity index (χ0n) is 15.4. The number of benzene rings is 2. The Morgan fingerprint density at radius 2 is 1.79 bits per heavy atom. The first-order chi connectivity index (χ1) is 13.5. The van der Waals surface area contributed by atoms with Crippen molar-refractivity contribution < 1.29 is 14.5 Å². The number of rotatable bonds is 7. The maximum Gasteiger partial charge on any atom is 0.373 e. The standard InChI is InChI=1S/C20H18N4O4/c1-3-14-4-10-17(11-5-14)28-20-18(24(26)27)19(21-12-22-20)23-16-8-6-15(7-9-16)13(2)25/h4-12H,3H2,1-2H3,(H,21,22,23). The Morgan fingerprint density at radius 3 is 2.36 bits per heavy atom. The summed E-state index contributed by atoms with van der Waals surface area (Å²) in [5.41, 5.74) is 1.84. The number of Topliss-reactive ketones (excluding diaryl/α,β-unsaturated/α-hetero) is 1. The van der Waals surface area contributed by atoms with Crippen molar-refractivity contribution in [2.45, 2.75) is 20.3 Å². The average molecular weight is 378 g/mol. The van der Waals surface area contributed by atoms with Gasteiger partial charge in [0.1, 0.15) is 12.1 Å². The van der Waals surface area contributed by atoms with E-state index in [0.717, 1.165) is 12.0 Å². The van der Waals surface area contributed by atoms with Gasteiger partial charge in [0.15, 0.2) is 5.78 Å². The predicted octanol–water partition coefficient (Wildman–Crippen LogP) is 4.69. The predicted molar refractivity (Wildman–Crippen MR) is 104 cm³/mol. The molecular weight excluding hydrogens is 360 g/mol. The molecular formula is C20H18N4O4. The van der Waals surface area contributed by atoms with Gasteiger partial charge in [0, 0.05) is 11.3 Å². The van der Waals surface area contributed by atoms with Crippen molar-refractivity contribution in [2.24, 2.45) is 0 Å². The van der Waals surface area contributed by atoms with Gasteiger partial charge in [-0.25, -0.2) is 4.98 Å². The van der Waals surface area contributed by atoms with Gasteiger partial charge in [0.05, 0.1) is 4.92 Å². The molecule has 8 nitrogen and oxygen atoms in total. The van der Waals surface area contributed by atoms with E-state index in [1.807, 2.05) is 19.1 Å². The number of aryl methyl sites for hydroxylation is 1. The fourth-order valence-electron chi connectivity index (χ4n) is 2.52. The number of carbonyl (C=O) groups is 1. The van der Waals surface area contributed by atoms with Crippen LogP contribution in [-0.4, -0.2) is 20.7 Å². The Hall–Kier alpha value is -3.81. The molecule has 1 aromatic heterocycles. The largest absolute Gasteiger partial charge is 0.434 e. The fourth-order valence-corrected chi connectivity index (χ4v) is 2.52. The minimum Gasteiger partial charge on any atom is -0.434 e. The molecule has 0 aliphatic heterocycles. The maximum atomic E-state index is 11.6. The minimum atomic E-state index is -0.595. The lowest BCUT2D eigenvalue weighted by molar-refractivity contribution is -0.385. The van der Waals surface area contributed by atoms with E-state index in [9.17, 15) is 14.9 Å². The van der Waals surface area contributed by atoms with E-state index in [1.54, 1.807) is 36.4 Å². The number of hydrogen-bond donors (Lipinski definition) is 1. The second-order valence-electron chi connectivity index (χ2n) is 5.99. The second-order valence-corrected chi connectivity index (χ2v) is 5.99. The van der Waals surface area contributed by atoms with Crippen LogP contribution in [0.2, 0.25) is 0 Å². The van der Waals surface area contributed by atoms with Gasteiger partial charge < -0.3 is 10.1 Å². The van der Waals surface area contributed by atoms with Crippen LogP contribution in [0.4, 0.5) is 17.2 Å². The molecule has 0 unspecified atom stereocenters. The summed E-state index contributed by atoms with van der Waals surface area (Å²) >= 11 is 0. The van der Waals surface area contributed by atoms with Crippen molar-refractivity contribution in [1.82, 2.24) is 9.97 Å². The molecule has 1 heterocycles. The van der Waals surface area contributed by atoms with Crippen molar-refractivity contribution in [3.8, 4) is 11.6 Å². The smallest absolute Gasteiger partial charge is 0.373 e. The topological polar surface area (TPSA) is 107 Å². The SMILES string of the molecule is CCc1ccc(Oc2ncnc(Nc3ccc(C(C)=O)cc3)c2[N+](=O)[O-])cc1. The van der Waals surface area contributed by atoms with Gasteiger partial charge in [0.25, 0.3) is 0 Å². The zero-order chi connectivity index (χ0) is 20.1. The van der Waals surface area contributed by atoms with E-state index in [1.165, 1.54) is 13.3 Å². The Kier molecular flexibility index (Phi) is 5.59. The molecule has 0 fully saturated rings. The van der Waals surface area contributed by atoms with E-state index < -0.39 is 4.92 Å². The van der Waals surface area contributed by atoms with Gasteiger partial charge >= 0.3 is 11.6 Å². The zero-order valence-corrected chi connectivity index (χ0v) is 15.4. The van der Waals surface area contributed by atoms with Crippen molar-refractivity contribution in [2.75, 3.05) is 5.32 Å². The first-order valence-electron chi connectivity index (χ1n) is 8.62. The van der Waals surface area contributed by atoms with Gasteiger partial charge in [-0.3, -0.25) is 14.9 Å². The van der Waals surface area contributed by atoms with Gasteiger partial charge in [-0.05, 0) is 55.3 Å².